The van der Waals surface area contributed by atoms with Crippen LogP contribution in [0, 0.1) is 16.2 Å². The van der Waals surface area contributed by atoms with Crippen LogP contribution in [0.4, 0.5) is 0 Å². The molecule has 0 aromatic carbocycles. The highest BCUT2D eigenvalue weighted by molar-refractivity contribution is 5.75. The highest BCUT2D eigenvalue weighted by Gasteiger charge is 2.50. The third-order valence-electron chi connectivity index (χ3n) is 5.85. The Kier molecular flexibility index (Phi) is 5.90. The number of rotatable bonds is 8. The van der Waals surface area contributed by atoms with E-state index < -0.39 is 11.4 Å². The molecule has 0 saturated heterocycles. The van der Waals surface area contributed by atoms with Gasteiger partial charge in [0.25, 0.3) is 0 Å². The molecule has 108 valence electrons. The number of hydrogen-bond donors (Lipinski definition) is 1. The molecule has 0 amide bonds. The van der Waals surface area contributed by atoms with Gasteiger partial charge >= 0.3 is 5.97 Å². The summed E-state index contributed by atoms with van der Waals surface area (Å²) in [7, 11) is 0. The van der Waals surface area contributed by atoms with E-state index in [1.807, 2.05) is 6.92 Å². The SMILES string of the molecule is CCC(C)(CC)CC(C)(C(=O)O)C(C)(CC)CC. The van der Waals surface area contributed by atoms with Gasteiger partial charge in [-0.15, -0.1) is 0 Å². The Labute approximate surface area is 113 Å². The van der Waals surface area contributed by atoms with Crippen molar-refractivity contribution in [2.75, 3.05) is 0 Å². The van der Waals surface area contributed by atoms with Gasteiger partial charge < -0.3 is 5.11 Å². The smallest absolute Gasteiger partial charge is 0.309 e. The molecule has 0 saturated carbocycles. The number of hydrogen-bond acceptors (Lipinski definition) is 1. The molecule has 1 atom stereocenters. The zero-order chi connectivity index (χ0) is 14.6. The second-order valence-corrected chi connectivity index (χ2v) is 6.60. The van der Waals surface area contributed by atoms with Crippen LogP contribution >= 0.6 is 0 Å². The summed E-state index contributed by atoms with van der Waals surface area (Å²) in [5.41, 5.74) is -0.652. The van der Waals surface area contributed by atoms with Gasteiger partial charge in [0.2, 0.25) is 0 Å². The summed E-state index contributed by atoms with van der Waals surface area (Å²) < 4.78 is 0. The van der Waals surface area contributed by atoms with Crippen LogP contribution in [-0.2, 0) is 4.79 Å². The topological polar surface area (TPSA) is 37.3 Å². The normalized spacial score (nSPS) is 16.4. The van der Waals surface area contributed by atoms with Crippen LogP contribution in [-0.4, -0.2) is 11.1 Å². The Balaban J connectivity index is 5.48. The summed E-state index contributed by atoms with van der Waals surface area (Å²) in [6.07, 6.45) is 4.66. The van der Waals surface area contributed by atoms with Crippen molar-refractivity contribution in [2.24, 2.45) is 16.2 Å². The van der Waals surface area contributed by atoms with Crippen molar-refractivity contribution in [3.05, 3.63) is 0 Å². The first-order valence-electron chi connectivity index (χ1n) is 7.38. The lowest BCUT2D eigenvalue weighted by Gasteiger charge is -2.47. The Morgan fingerprint density at radius 2 is 1.28 bits per heavy atom. The van der Waals surface area contributed by atoms with Gasteiger partial charge in [-0.3, -0.25) is 4.79 Å². The van der Waals surface area contributed by atoms with Gasteiger partial charge in [-0.1, -0.05) is 54.4 Å². The van der Waals surface area contributed by atoms with E-state index in [0.29, 0.717) is 0 Å². The van der Waals surface area contributed by atoms with Gasteiger partial charge in [-0.05, 0) is 37.0 Å². The summed E-state index contributed by atoms with van der Waals surface area (Å²) in [4.78, 5) is 11.9. The second kappa shape index (κ2) is 6.08. The van der Waals surface area contributed by atoms with Gasteiger partial charge in [-0.2, -0.15) is 0 Å². The summed E-state index contributed by atoms with van der Waals surface area (Å²) >= 11 is 0. The Hall–Kier alpha value is -0.530. The van der Waals surface area contributed by atoms with Gasteiger partial charge in [0.1, 0.15) is 0 Å². The minimum Gasteiger partial charge on any atom is -0.481 e. The van der Waals surface area contributed by atoms with E-state index in [1.54, 1.807) is 0 Å². The van der Waals surface area contributed by atoms with Crippen LogP contribution in [0.2, 0.25) is 0 Å². The molecule has 2 heteroatoms. The average molecular weight is 256 g/mol. The minimum atomic E-state index is -0.642. The number of aliphatic carboxylic acids is 1. The molecular weight excluding hydrogens is 224 g/mol. The standard InChI is InChI=1S/C16H32O2/c1-8-14(5,9-2)12-16(7,13(17)18)15(6,10-3)11-4/h8-12H2,1-7H3,(H,17,18). The third-order valence-corrected chi connectivity index (χ3v) is 5.85. The van der Waals surface area contributed by atoms with Crippen LogP contribution in [0.3, 0.4) is 0 Å². The van der Waals surface area contributed by atoms with E-state index >= 15 is 0 Å². The molecule has 0 radical (unpaired) electrons. The lowest BCUT2D eigenvalue weighted by Crippen LogP contribution is -2.46. The first-order valence-corrected chi connectivity index (χ1v) is 7.38. The lowest BCUT2D eigenvalue weighted by atomic mass is 9.56. The Morgan fingerprint density at radius 1 is 0.889 bits per heavy atom. The highest BCUT2D eigenvalue weighted by atomic mass is 16.4. The first-order chi connectivity index (χ1) is 8.14. The van der Waals surface area contributed by atoms with Crippen molar-refractivity contribution in [1.82, 2.24) is 0 Å². The number of carboxylic acid groups (broad SMARTS) is 1. The quantitative estimate of drug-likeness (QED) is 0.654. The van der Waals surface area contributed by atoms with Gasteiger partial charge in [0.05, 0.1) is 5.41 Å². The average Bonchev–Trinajstić information content (AvgIpc) is 2.36. The summed E-state index contributed by atoms with van der Waals surface area (Å²) in [6, 6.07) is 0. The van der Waals surface area contributed by atoms with Crippen LogP contribution in [0.25, 0.3) is 0 Å². The maximum absolute atomic E-state index is 11.9. The van der Waals surface area contributed by atoms with Crippen LogP contribution in [0.1, 0.15) is 80.6 Å². The highest BCUT2D eigenvalue weighted by Crippen LogP contribution is 2.52. The largest absolute Gasteiger partial charge is 0.481 e. The van der Waals surface area contributed by atoms with E-state index in [9.17, 15) is 9.90 Å². The molecular formula is C16H32O2. The number of carbonyl (C=O) groups is 1. The first kappa shape index (κ1) is 17.5. The predicted octanol–water partition coefficient (Wildman–Crippen LogP) is 5.12. The van der Waals surface area contributed by atoms with E-state index in [2.05, 4.69) is 41.5 Å². The summed E-state index contributed by atoms with van der Waals surface area (Å²) in [5, 5.41) is 9.78. The third kappa shape index (κ3) is 3.07. The van der Waals surface area contributed by atoms with Crippen LogP contribution in [0.5, 0.6) is 0 Å². The van der Waals surface area contributed by atoms with E-state index in [0.717, 1.165) is 32.1 Å². The molecule has 0 rings (SSSR count). The zero-order valence-corrected chi connectivity index (χ0v) is 13.4. The predicted molar refractivity (Wildman–Crippen MR) is 77.7 cm³/mol. The van der Waals surface area contributed by atoms with Crippen molar-refractivity contribution >= 4 is 5.97 Å². The van der Waals surface area contributed by atoms with E-state index in [1.165, 1.54) is 0 Å². The molecule has 18 heavy (non-hydrogen) atoms. The molecule has 0 spiro atoms. The molecule has 0 fully saturated rings. The van der Waals surface area contributed by atoms with Crippen LogP contribution in [0.15, 0.2) is 0 Å². The van der Waals surface area contributed by atoms with Gasteiger partial charge in [-0.25, -0.2) is 0 Å². The molecule has 0 heterocycles. The lowest BCUT2D eigenvalue weighted by molar-refractivity contribution is -0.160. The molecule has 0 aliphatic heterocycles. The minimum absolute atomic E-state index is 0.124. The van der Waals surface area contributed by atoms with Crippen molar-refractivity contribution in [3.63, 3.8) is 0 Å². The Bertz CT molecular complexity index is 275. The number of carboxylic acids is 1. The van der Waals surface area contributed by atoms with Gasteiger partial charge in [0, 0.05) is 0 Å². The summed E-state index contributed by atoms with van der Waals surface area (Å²) in [6.45, 7) is 14.9. The maximum Gasteiger partial charge on any atom is 0.309 e. The molecule has 1 N–H and O–H groups in total. The second-order valence-electron chi connectivity index (χ2n) is 6.60. The summed E-state index contributed by atoms with van der Waals surface area (Å²) in [5.74, 6) is -0.637. The fourth-order valence-corrected chi connectivity index (χ4v) is 2.93. The zero-order valence-electron chi connectivity index (χ0n) is 13.4. The van der Waals surface area contributed by atoms with Crippen molar-refractivity contribution in [1.29, 1.82) is 0 Å². The molecule has 1 unspecified atom stereocenters. The molecule has 2 nitrogen and oxygen atoms in total. The van der Waals surface area contributed by atoms with Gasteiger partial charge in [0.15, 0.2) is 0 Å². The fourth-order valence-electron chi connectivity index (χ4n) is 2.93. The molecule has 0 aromatic heterocycles. The molecule has 0 aliphatic rings. The fraction of sp³-hybridized carbons (Fsp3) is 0.938. The maximum atomic E-state index is 11.9. The van der Waals surface area contributed by atoms with Crippen LogP contribution < -0.4 is 0 Å². The molecule has 0 aliphatic carbocycles. The molecule has 0 bridgehead atoms. The molecule has 0 aromatic rings. The Morgan fingerprint density at radius 3 is 1.50 bits per heavy atom. The van der Waals surface area contributed by atoms with E-state index in [4.69, 9.17) is 0 Å². The van der Waals surface area contributed by atoms with E-state index in [-0.39, 0.29) is 10.8 Å². The van der Waals surface area contributed by atoms with Crippen molar-refractivity contribution < 1.29 is 9.90 Å². The van der Waals surface area contributed by atoms with Crippen molar-refractivity contribution in [3.8, 4) is 0 Å². The monoisotopic (exact) mass is 256 g/mol. The van der Waals surface area contributed by atoms with Crippen molar-refractivity contribution in [2.45, 2.75) is 80.6 Å².